The molecule has 0 spiro atoms. The lowest BCUT2D eigenvalue weighted by Gasteiger charge is -2.72. The molecule has 0 radical (unpaired) electrons. The van der Waals surface area contributed by atoms with Crippen molar-refractivity contribution in [2.75, 3.05) is 0 Å². The Bertz CT molecular complexity index is 880. The summed E-state index contributed by atoms with van der Waals surface area (Å²) in [6, 6.07) is 0. The molecule has 6 aliphatic rings. The molecule has 3 heteroatoms. The minimum atomic E-state index is -0.303. The Labute approximate surface area is 201 Å². The smallest absolute Gasteiger partial charge is 0.313 e. The molecule has 0 aromatic rings. The van der Waals surface area contributed by atoms with E-state index in [1.165, 1.54) is 25.7 Å². The molecule has 5 saturated carbocycles. The van der Waals surface area contributed by atoms with Gasteiger partial charge in [0.25, 0.3) is 0 Å². The summed E-state index contributed by atoms with van der Waals surface area (Å²) in [5.74, 6) is 2.08. The maximum absolute atomic E-state index is 14.0. The number of rotatable bonds is 0. The van der Waals surface area contributed by atoms with Crippen molar-refractivity contribution in [2.45, 2.75) is 125 Å². The van der Waals surface area contributed by atoms with Crippen LogP contribution in [0.3, 0.4) is 0 Å². The van der Waals surface area contributed by atoms with Crippen molar-refractivity contribution >= 4 is 5.97 Å². The van der Waals surface area contributed by atoms with Crippen molar-refractivity contribution in [3.63, 3.8) is 0 Å². The average molecular weight is 457 g/mol. The summed E-state index contributed by atoms with van der Waals surface area (Å²) in [4.78, 5) is 14.0. The van der Waals surface area contributed by atoms with Crippen molar-refractivity contribution < 1.29 is 14.6 Å². The molecule has 186 valence electrons. The first-order chi connectivity index (χ1) is 15.2. The Hall–Kier alpha value is -0.570. The summed E-state index contributed by atoms with van der Waals surface area (Å²) < 4.78 is 6.52. The highest BCUT2D eigenvalue weighted by molar-refractivity contribution is 5.82. The molecule has 1 saturated heterocycles. The van der Waals surface area contributed by atoms with E-state index in [1.54, 1.807) is 0 Å². The van der Waals surface area contributed by atoms with Crippen LogP contribution < -0.4 is 0 Å². The van der Waals surface area contributed by atoms with Gasteiger partial charge < -0.3 is 9.84 Å². The van der Waals surface area contributed by atoms with Crippen LogP contribution in [0.15, 0.2) is 0 Å². The third-order valence-electron chi connectivity index (χ3n) is 14.0. The van der Waals surface area contributed by atoms with Crippen LogP contribution in [-0.4, -0.2) is 23.3 Å². The van der Waals surface area contributed by atoms with Crippen LogP contribution in [0.25, 0.3) is 0 Å². The quantitative estimate of drug-likeness (QED) is 0.409. The van der Waals surface area contributed by atoms with Gasteiger partial charge in [0, 0.05) is 5.41 Å². The molecule has 0 aromatic carbocycles. The highest BCUT2D eigenvalue weighted by Crippen LogP contribution is 2.81. The highest BCUT2D eigenvalue weighted by atomic mass is 16.6. The van der Waals surface area contributed by atoms with E-state index in [1.807, 2.05) is 0 Å². The van der Waals surface area contributed by atoms with Gasteiger partial charge in [0.15, 0.2) is 0 Å². The summed E-state index contributed by atoms with van der Waals surface area (Å²) in [6.07, 6.45) is 11.3. The van der Waals surface area contributed by atoms with Crippen molar-refractivity contribution in [1.29, 1.82) is 0 Å². The van der Waals surface area contributed by atoms with E-state index in [2.05, 4.69) is 48.5 Å². The van der Waals surface area contributed by atoms with E-state index in [0.29, 0.717) is 34.5 Å². The molecular formula is C30H48O3. The predicted molar refractivity (Wildman–Crippen MR) is 130 cm³/mol. The van der Waals surface area contributed by atoms with Crippen LogP contribution >= 0.6 is 0 Å². The summed E-state index contributed by atoms with van der Waals surface area (Å²) in [6.45, 7) is 17.3. The predicted octanol–water partition coefficient (Wildman–Crippen LogP) is 6.76. The Kier molecular flexibility index (Phi) is 4.44. The van der Waals surface area contributed by atoms with Crippen molar-refractivity contribution in [3.05, 3.63) is 0 Å². The fourth-order valence-electron chi connectivity index (χ4n) is 11.8. The first-order valence-electron chi connectivity index (χ1n) is 14.1. The third-order valence-corrected chi connectivity index (χ3v) is 14.0. The molecule has 6 rings (SSSR count). The van der Waals surface area contributed by atoms with Gasteiger partial charge >= 0.3 is 5.97 Å². The van der Waals surface area contributed by atoms with Crippen molar-refractivity contribution in [3.8, 4) is 0 Å². The summed E-state index contributed by atoms with van der Waals surface area (Å²) in [7, 11) is 0. The van der Waals surface area contributed by atoms with E-state index < -0.39 is 0 Å². The normalized spacial score (nSPS) is 61.3. The molecule has 0 aromatic heterocycles. The monoisotopic (exact) mass is 456 g/mol. The third kappa shape index (κ3) is 2.45. The SMILES string of the molecule is C[C@H]1[C@H](O)CC[C@@H]2[C@]1(C)CC[C@H]1[C@@]2(C)C[C@H]2OC(=O)[C@@]13CC[C@@]1(C)CCC(C)(C)C[C@@H]1[C@]23C. The van der Waals surface area contributed by atoms with Gasteiger partial charge in [-0.2, -0.15) is 0 Å². The molecule has 6 fully saturated rings. The van der Waals surface area contributed by atoms with Gasteiger partial charge in [-0.3, -0.25) is 4.79 Å². The number of hydrogen-bond acceptors (Lipinski definition) is 3. The van der Waals surface area contributed by atoms with Crippen molar-refractivity contribution in [1.82, 2.24) is 0 Å². The number of carbonyl (C=O) groups is 1. The molecule has 1 heterocycles. The number of esters is 1. The van der Waals surface area contributed by atoms with E-state index in [0.717, 1.165) is 38.5 Å². The van der Waals surface area contributed by atoms with Gasteiger partial charge in [-0.05, 0) is 110 Å². The van der Waals surface area contributed by atoms with E-state index in [-0.39, 0.29) is 39.8 Å². The summed E-state index contributed by atoms with van der Waals surface area (Å²) in [5, 5.41) is 10.8. The first-order valence-corrected chi connectivity index (χ1v) is 14.1. The van der Waals surface area contributed by atoms with E-state index in [9.17, 15) is 9.90 Å². The molecule has 3 nitrogen and oxygen atoms in total. The number of carbonyl (C=O) groups excluding carboxylic acids is 1. The number of aliphatic hydroxyl groups excluding tert-OH is 1. The van der Waals surface area contributed by atoms with Crippen molar-refractivity contribution in [2.24, 2.45) is 56.2 Å². The van der Waals surface area contributed by atoms with E-state index in [4.69, 9.17) is 4.74 Å². The molecule has 11 atom stereocenters. The van der Waals surface area contributed by atoms with Gasteiger partial charge in [-0.15, -0.1) is 0 Å². The van der Waals surface area contributed by atoms with Gasteiger partial charge in [0.05, 0.1) is 11.5 Å². The lowest BCUT2D eigenvalue weighted by atomic mass is 9.30. The molecule has 33 heavy (non-hydrogen) atoms. The second kappa shape index (κ2) is 6.40. The van der Waals surface area contributed by atoms with Gasteiger partial charge in [0.2, 0.25) is 0 Å². The van der Waals surface area contributed by atoms with Gasteiger partial charge in [0.1, 0.15) is 6.10 Å². The molecule has 2 bridgehead atoms. The Morgan fingerprint density at radius 1 is 0.788 bits per heavy atom. The Morgan fingerprint density at radius 2 is 1.48 bits per heavy atom. The Morgan fingerprint density at radius 3 is 2.21 bits per heavy atom. The first kappa shape index (κ1) is 22.9. The molecule has 5 aliphatic carbocycles. The second-order valence-corrected chi connectivity index (χ2v) is 15.5. The van der Waals surface area contributed by atoms with Crippen LogP contribution in [0, 0.1) is 56.2 Å². The van der Waals surface area contributed by atoms with Crippen LogP contribution in [-0.2, 0) is 9.53 Å². The number of aliphatic hydroxyl groups is 1. The minimum absolute atomic E-state index is 0.0352. The standard InChI is InChI=1S/C30H48O3/c1-18-19(31)8-9-20-27(18,5)11-10-21-28(20,6)17-23-29(7)22-16-25(2,3)12-13-26(22,4)14-15-30(21,29)24(32)33-23/h18-23,31H,8-17H2,1-7H3/t18-,19+,20+,21-,22-,23+,26+,27+,28-,29+,30+/m0/s1. The van der Waals surface area contributed by atoms with E-state index >= 15 is 0 Å². The topological polar surface area (TPSA) is 46.5 Å². The van der Waals surface area contributed by atoms with Crippen LogP contribution in [0.5, 0.6) is 0 Å². The number of hydrogen-bond donors (Lipinski definition) is 1. The second-order valence-electron chi connectivity index (χ2n) is 15.5. The zero-order valence-electron chi connectivity index (χ0n) is 22.3. The Balaban J connectivity index is 1.48. The largest absolute Gasteiger partial charge is 0.461 e. The number of fused-ring (bicyclic) bond motifs is 4. The lowest BCUT2D eigenvalue weighted by molar-refractivity contribution is -0.256. The number of ether oxygens (including phenoxy) is 1. The highest BCUT2D eigenvalue weighted by Gasteiger charge is 2.81. The molecule has 1 aliphatic heterocycles. The zero-order valence-corrected chi connectivity index (χ0v) is 22.3. The maximum atomic E-state index is 14.0. The average Bonchev–Trinajstić information content (AvgIpc) is 2.87. The summed E-state index contributed by atoms with van der Waals surface area (Å²) in [5.41, 5.74) is 0.673. The molecule has 0 amide bonds. The van der Waals surface area contributed by atoms with Gasteiger partial charge in [-0.1, -0.05) is 48.5 Å². The van der Waals surface area contributed by atoms with Crippen LogP contribution in [0.1, 0.15) is 113 Å². The van der Waals surface area contributed by atoms with Crippen LogP contribution in [0.4, 0.5) is 0 Å². The lowest BCUT2D eigenvalue weighted by Crippen LogP contribution is -2.70. The fraction of sp³-hybridized carbons (Fsp3) is 0.967. The van der Waals surface area contributed by atoms with Crippen LogP contribution in [0.2, 0.25) is 0 Å². The minimum Gasteiger partial charge on any atom is -0.461 e. The zero-order chi connectivity index (χ0) is 23.8. The fourth-order valence-corrected chi connectivity index (χ4v) is 11.8. The summed E-state index contributed by atoms with van der Waals surface area (Å²) >= 11 is 0. The van der Waals surface area contributed by atoms with Gasteiger partial charge in [-0.25, -0.2) is 0 Å². The molecule has 0 unspecified atom stereocenters. The molecule has 1 N–H and O–H groups in total. The molecular weight excluding hydrogens is 408 g/mol. The maximum Gasteiger partial charge on any atom is 0.313 e.